The Balaban J connectivity index is 2.09. The molecule has 1 aromatic carbocycles. The van der Waals surface area contributed by atoms with Gasteiger partial charge in [0, 0.05) is 12.1 Å². The molecule has 0 aliphatic rings. The minimum atomic E-state index is -0.935. The zero-order chi connectivity index (χ0) is 11.8. The Labute approximate surface area is 95.8 Å². The van der Waals surface area contributed by atoms with Crippen LogP contribution >= 0.6 is 0 Å². The number of nitrogens with one attached hydrogen (secondary N) is 1. The first-order chi connectivity index (χ1) is 7.70. The first kappa shape index (κ1) is 12.5. The molecule has 0 bridgehead atoms. The van der Waals surface area contributed by atoms with Crippen LogP contribution in [0.25, 0.3) is 0 Å². The van der Waals surface area contributed by atoms with E-state index in [0.29, 0.717) is 6.54 Å². The average Bonchev–Trinajstić information content (AvgIpc) is 2.29. The number of aliphatic carboxylic acids is 1. The maximum absolute atomic E-state index is 10.4. The van der Waals surface area contributed by atoms with Gasteiger partial charge < -0.3 is 10.4 Å². The van der Waals surface area contributed by atoms with Gasteiger partial charge in [-0.3, -0.25) is 0 Å². The third kappa shape index (κ3) is 4.75. The number of hydrogen-bond donors (Lipinski definition) is 2. The Bertz CT molecular complexity index is 346. The van der Waals surface area contributed by atoms with E-state index >= 15 is 0 Å². The van der Waals surface area contributed by atoms with Gasteiger partial charge in [0.25, 0.3) is 0 Å². The summed E-state index contributed by atoms with van der Waals surface area (Å²) in [5, 5.41) is 11.6. The number of benzene rings is 1. The van der Waals surface area contributed by atoms with Crippen molar-refractivity contribution >= 4 is 5.97 Å². The summed E-state index contributed by atoms with van der Waals surface area (Å²) in [5.41, 5.74) is 1.51. The number of carboxylic acids is 1. The molecule has 0 aliphatic heterocycles. The van der Waals surface area contributed by atoms with Crippen molar-refractivity contribution in [3.8, 4) is 0 Å². The van der Waals surface area contributed by atoms with Gasteiger partial charge in [-0.1, -0.05) is 36.9 Å². The number of carbonyl (C=O) groups is 1. The van der Waals surface area contributed by atoms with E-state index in [0.717, 1.165) is 19.4 Å². The van der Waals surface area contributed by atoms with E-state index in [1.165, 1.54) is 5.56 Å². The van der Waals surface area contributed by atoms with Crippen molar-refractivity contribution in [2.24, 2.45) is 0 Å². The van der Waals surface area contributed by atoms with Crippen LogP contribution in [0, 0.1) is 0 Å². The number of carboxylic acid groups (broad SMARTS) is 1. The predicted molar refractivity (Wildman–Crippen MR) is 64.4 cm³/mol. The summed E-state index contributed by atoms with van der Waals surface area (Å²) in [7, 11) is 0. The summed E-state index contributed by atoms with van der Waals surface area (Å²) in [5.74, 6) is -0.935. The summed E-state index contributed by atoms with van der Waals surface area (Å²) in [6.45, 7) is 4.61. The van der Waals surface area contributed by atoms with E-state index < -0.39 is 5.97 Å². The molecule has 0 amide bonds. The molecule has 86 valence electrons. The molecule has 3 nitrogen and oxygen atoms in total. The van der Waals surface area contributed by atoms with Crippen LogP contribution in [-0.4, -0.2) is 24.2 Å². The largest absolute Gasteiger partial charge is 0.478 e. The molecule has 0 atom stereocenters. The molecule has 0 fully saturated rings. The highest BCUT2D eigenvalue weighted by molar-refractivity contribution is 5.86. The molecule has 0 aromatic heterocycles. The number of aryl methyl sites for hydroxylation is 1. The summed E-state index contributed by atoms with van der Waals surface area (Å²) in [6, 6.07) is 10.2. The zero-order valence-corrected chi connectivity index (χ0v) is 9.28. The van der Waals surface area contributed by atoms with Gasteiger partial charge in [0.05, 0.1) is 0 Å². The van der Waals surface area contributed by atoms with Crippen molar-refractivity contribution in [2.75, 3.05) is 13.1 Å². The maximum atomic E-state index is 10.4. The third-order valence-corrected chi connectivity index (χ3v) is 2.30. The van der Waals surface area contributed by atoms with Crippen LogP contribution in [0.15, 0.2) is 42.5 Å². The van der Waals surface area contributed by atoms with E-state index in [9.17, 15) is 4.79 Å². The van der Waals surface area contributed by atoms with Crippen molar-refractivity contribution in [3.63, 3.8) is 0 Å². The van der Waals surface area contributed by atoms with Gasteiger partial charge in [0.2, 0.25) is 0 Å². The van der Waals surface area contributed by atoms with Crippen molar-refractivity contribution in [1.29, 1.82) is 0 Å². The molecule has 2 N–H and O–H groups in total. The number of hydrogen-bond acceptors (Lipinski definition) is 2. The lowest BCUT2D eigenvalue weighted by molar-refractivity contribution is -0.132. The summed E-state index contributed by atoms with van der Waals surface area (Å²) >= 11 is 0. The molecule has 0 spiro atoms. The second-order valence-electron chi connectivity index (χ2n) is 3.67. The van der Waals surface area contributed by atoms with Gasteiger partial charge in [-0.2, -0.15) is 0 Å². The maximum Gasteiger partial charge on any atom is 0.332 e. The van der Waals surface area contributed by atoms with E-state index in [-0.39, 0.29) is 5.57 Å². The van der Waals surface area contributed by atoms with Crippen molar-refractivity contribution < 1.29 is 9.90 Å². The topological polar surface area (TPSA) is 49.3 Å². The minimum absolute atomic E-state index is 0.208. The van der Waals surface area contributed by atoms with Crippen molar-refractivity contribution in [1.82, 2.24) is 5.32 Å². The Morgan fingerprint density at radius 3 is 2.62 bits per heavy atom. The van der Waals surface area contributed by atoms with Crippen LogP contribution in [-0.2, 0) is 11.2 Å². The lowest BCUT2D eigenvalue weighted by Crippen LogP contribution is -2.21. The molecule has 1 aromatic rings. The van der Waals surface area contributed by atoms with Gasteiger partial charge in [0.1, 0.15) is 0 Å². The van der Waals surface area contributed by atoms with Crippen LogP contribution < -0.4 is 5.32 Å². The molecule has 0 aliphatic carbocycles. The lowest BCUT2D eigenvalue weighted by Gasteiger charge is -2.04. The Kier molecular flexibility index (Phi) is 5.29. The molecule has 0 unspecified atom stereocenters. The Hall–Kier alpha value is -1.61. The second-order valence-corrected chi connectivity index (χ2v) is 3.67. The van der Waals surface area contributed by atoms with E-state index in [2.05, 4.69) is 24.0 Å². The quantitative estimate of drug-likeness (QED) is 0.543. The van der Waals surface area contributed by atoms with Gasteiger partial charge in [-0.25, -0.2) is 4.79 Å². The van der Waals surface area contributed by atoms with Crippen LogP contribution in [0.3, 0.4) is 0 Å². The standard InChI is InChI=1S/C13H17NO2/c1-11(13(15)16)10-14-9-5-8-12-6-3-2-4-7-12/h2-4,6-7,14H,1,5,8-10H2,(H,15,16). The molecular weight excluding hydrogens is 202 g/mol. The summed E-state index contributed by atoms with van der Waals surface area (Å²) < 4.78 is 0. The summed E-state index contributed by atoms with van der Waals surface area (Å²) in [4.78, 5) is 10.4. The van der Waals surface area contributed by atoms with Crippen molar-refractivity contribution in [2.45, 2.75) is 12.8 Å². The van der Waals surface area contributed by atoms with Gasteiger partial charge in [0.15, 0.2) is 0 Å². The van der Waals surface area contributed by atoms with E-state index in [1.54, 1.807) is 0 Å². The monoisotopic (exact) mass is 219 g/mol. The number of rotatable bonds is 7. The molecule has 0 saturated carbocycles. The Morgan fingerprint density at radius 2 is 2.00 bits per heavy atom. The molecule has 0 saturated heterocycles. The van der Waals surface area contributed by atoms with Crippen LogP contribution in [0.2, 0.25) is 0 Å². The van der Waals surface area contributed by atoms with Crippen LogP contribution in [0.1, 0.15) is 12.0 Å². The minimum Gasteiger partial charge on any atom is -0.478 e. The smallest absolute Gasteiger partial charge is 0.332 e. The van der Waals surface area contributed by atoms with E-state index in [1.807, 2.05) is 18.2 Å². The SMILES string of the molecule is C=C(CNCCCc1ccccc1)C(=O)O. The van der Waals surface area contributed by atoms with Gasteiger partial charge >= 0.3 is 5.97 Å². The molecule has 16 heavy (non-hydrogen) atoms. The Morgan fingerprint density at radius 1 is 1.31 bits per heavy atom. The third-order valence-electron chi connectivity index (χ3n) is 2.30. The molecule has 1 rings (SSSR count). The van der Waals surface area contributed by atoms with Gasteiger partial charge in [-0.15, -0.1) is 0 Å². The predicted octanol–water partition coefficient (Wildman–Crippen LogP) is 1.85. The molecular formula is C13H17NO2. The fourth-order valence-electron chi connectivity index (χ4n) is 1.38. The fourth-order valence-corrected chi connectivity index (χ4v) is 1.38. The molecule has 0 heterocycles. The first-order valence-electron chi connectivity index (χ1n) is 5.36. The highest BCUT2D eigenvalue weighted by Crippen LogP contribution is 2.01. The highest BCUT2D eigenvalue weighted by Gasteiger charge is 2.01. The zero-order valence-electron chi connectivity index (χ0n) is 9.28. The molecule has 3 heteroatoms. The highest BCUT2D eigenvalue weighted by atomic mass is 16.4. The van der Waals surface area contributed by atoms with E-state index in [4.69, 9.17) is 5.11 Å². The first-order valence-corrected chi connectivity index (χ1v) is 5.36. The van der Waals surface area contributed by atoms with Crippen LogP contribution in [0.5, 0.6) is 0 Å². The lowest BCUT2D eigenvalue weighted by atomic mass is 10.1. The van der Waals surface area contributed by atoms with Crippen molar-refractivity contribution in [3.05, 3.63) is 48.0 Å². The van der Waals surface area contributed by atoms with Crippen LogP contribution in [0.4, 0.5) is 0 Å². The second kappa shape index (κ2) is 6.80. The molecule has 0 radical (unpaired) electrons. The summed E-state index contributed by atoms with van der Waals surface area (Å²) in [6.07, 6.45) is 2.00. The fraction of sp³-hybridized carbons (Fsp3) is 0.308. The average molecular weight is 219 g/mol. The normalized spacial score (nSPS) is 10.0. The van der Waals surface area contributed by atoms with Gasteiger partial charge in [-0.05, 0) is 24.9 Å².